The molecule has 3 aromatic rings. The van der Waals surface area contributed by atoms with Gasteiger partial charge in [-0.2, -0.15) is 4.98 Å². The predicted molar refractivity (Wildman–Crippen MR) is 106 cm³/mol. The second kappa shape index (κ2) is 8.34. The Bertz CT molecular complexity index is 879. The molecule has 0 fully saturated rings. The van der Waals surface area contributed by atoms with E-state index in [2.05, 4.69) is 39.7 Å². The van der Waals surface area contributed by atoms with Crippen LogP contribution in [-0.4, -0.2) is 23.6 Å². The molecule has 0 aliphatic carbocycles. The van der Waals surface area contributed by atoms with Crippen LogP contribution in [0.3, 0.4) is 0 Å². The predicted octanol–water partition coefficient (Wildman–Crippen LogP) is 4.50. The Labute approximate surface area is 154 Å². The molecule has 1 aromatic heterocycles. The van der Waals surface area contributed by atoms with Crippen molar-refractivity contribution in [2.45, 2.75) is 20.3 Å². The molecule has 0 unspecified atom stereocenters. The summed E-state index contributed by atoms with van der Waals surface area (Å²) in [7, 11) is 1.70. The van der Waals surface area contributed by atoms with Crippen LogP contribution in [0.2, 0.25) is 0 Å². The van der Waals surface area contributed by atoms with Crippen LogP contribution in [0, 0.1) is 13.8 Å². The molecule has 3 rings (SSSR count). The minimum Gasteiger partial charge on any atom is -0.496 e. The van der Waals surface area contributed by atoms with E-state index in [9.17, 15) is 0 Å². The molecule has 1 heterocycles. The average Bonchev–Trinajstić information content (AvgIpc) is 2.64. The molecule has 0 bridgehead atoms. The molecule has 134 valence electrons. The Morgan fingerprint density at radius 1 is 0.962 bits per heavy atom. The summed E-state index contributed by atoms with van der Waals surface area (Å²) in [4.78, 5) is 9.06. The third-order valence-electron chi connectivity index (χ3n) is 4.14. The Morgan fingerprint density at radius 3 is 2.54 bits per heavy atom. The molecule has 0 aliphatic rings. The minimum atomic E-state index is 0.596. The van der Waals surface area contributed by atoms with Crippen molar-refractivity contribution in [1.29, 1.82) is 0 Å². The van der Waals surface area contributed by atoms with E-state index in [4.69, 9.17) is 4.74 Å². The zero-order valence-electron chi connectivity index (χ0n) is 15.4. The first-order chi connectivity index (χ1) is 12.7. The number of hydrogen-bond donors (Lipinski definition) is 2. The lowest BCUT2D eigenvalue weighted by Gasteiger charge is -2.12. The molecule has 0 saturated heterocycles. The van der Waals surface area contributed by atoms with Crippen molar-refractivity contribution in [3.63, 3.8) is 0 Å². The first-order valence-electron chi connectivity index (χ1n) is 8.70. The van der Waals surface area contributed by atoms with Gasteiger partial charge in [0.1, 0.15) is 11.6 Å². The zero-order chi connectivity index (χ0) is 18.4. The summed E-state index contributed by atoms with van der Waals surface area (Å²) in [5.74, 6) is 2.32. The SMILES string of the molecule is COc1ccccc1CCNc1cc(C)nc(Nc2ccccc2C)n1. The van der Waals surface area contributed by atoms with Crippen LogP contribution in [-0.2, 0) is 6.42 Å². The average molecular weight is 348 g/mol. The number of methoxy groups -OCH3 is 1. The van der Waals surface area contributed by atoms with Gasteiger partial charge in [0.2, 0.25) is 5.95 Å². The number of nitrogens with zero attached hydrogens (tertiary/aromatic N) is 2. The quantitative estimate of drug-likeness (QED) is 0.658. The van der Waals surface area contributed by atoms with Gasteiger partial charge in [-0.1, -0.05) is 36.4 Å². The Hall–Kier alpha value is -3.08. The largest absolute Gasteiger partial charge is 0.496 e. The maximum Gasteiger partial charge on any atom is 0.229 e. The van der Waals surface area contributed by atoms with Gasteiger partial charge in [0.15, 0.2) is 0 Å². The summed E-state index contributed by atoms with van der Waals surface area (Å²) < 4.78 is 5.40. The summed E-state index contributed by atoms with van der Waals surface area (Å²) in [6.07, 6.45) is 0.855. The van der Waals surface area contributed by atoms with E-state index < -0.39 is 0 Å². The van der Waals surface area contributed by atoms with Crippen LogP contribution < -0.4 is 15.4 Å². The fourth-order valence-electron chi connectivity index (χ4n) is 2.78. The van der Waals surface area contributed by atoms with Crippen LogP contribution in [0.5, 0.6) is 5.75 Å². The van der Waals surface area contributed by atoms with Gasteiger partial charge in [0.05, 0.1) is 7.11 Å². The van der Waals surface area contributed by atoms with Crippen molar-refractivity contribution in [2.75, 3.05) is 24.3 Å². The Kier molecular flexibility index (Phi) is 5.69. The van der Waals surface area contributed by atoms with Crippen LogP contribution in [0.1, 0.15) is 16.8 Å². The van der Waals surface area contributed by atoms with Crippen molar-refractivity contribution in [2.24, 2.45) is 0 Å². The summed E-state index contributed by atoms with van der Waals surface area (Å²) in [6.45, 7) is 4.79. The number of hydrogen-bond acceptors (Lipinski definition) is 5. The number of para-hydroxylation sites is 2. The van der Waals surface area contributed by atoms with Gasteiger partial charge in [-0.15, -0.1) is 0 Å². The van der Waals surface area contributed by atoms with Gasteiger partial charge in [0, 0.05) is 24.0 Å². The van der Waals surface area contributed by atoms with Crippen molar-refractivity contribution >= 4 is 17.5 Å². The second-order valence-corrected chi connectivity index (χ2v) is 6.15. The molecule has 26 heavy (non-hydrogen) atoms. The standard InChI is InChI=1S/C21H24N4O/c1-15-8-4-6-10-18(15)24-21-23-16(2)14-20(25-21)22-13-12-17-9-5-7-11-19(17)26-3/h4-11,14H,12-13H2,1-3H3,(H2,22,23,24,25). The van der Waals surface area contributed by atoms with Crippen LogP contribution in [0.4, 0.5) is 17.5 Å². The summed E-state index contributed by atoms with van der Waals surface area (Å²) in [6, 6.07) is 18.1. The Morgan fingerprint density at radius 2 is 1.73 bits per heavy atom. The first-order valence-corrected chi connectivity index (χ1v) is 8.70. The summed E-state index contributed by atoms with van der Waals surface area (Å²) in [5.41, 5.74) is 4.25. The normalized spacial score (nSPS) is 10.4. The summed E-state index contributed by atoms with van der Waals surface area (Å²) in [5, 5.41) is 6.68. The number of benzene rings is 2. The highest BCUT2D eigenvalue weighted by molar-refractivity contribution is 5.59. The molecule has 0 saturated carbocycles. The molecule has 5 heteroatoms. The van der Waals surface area contributed by atoms with Gasteiger partial charge in [0.25, 0.3) is 0 Å². The lowest BCUT2D eigenvalue weighted by atomic mass is 10.1. The van der Waals surface area contributed by atoms with Crippen LogP contribution in [0.15, 0.2) is 54.6 Å². The van der Waals surface area contributed by atoms with Crippen LogP contribution in [0.25, 0.3) is 0 Å². The molecule has 5 nitrogen and oxygen atoms in total. The third kappa shape index (κ3) is 4.51. The van der Waals surface area contributed by atoms with Crippen molar-refractivity contribution in [3.8, 4) is 5.75 Å². The van der Waals surface area contributed by atoms with E-state index in [-0.39, 0.29) is 0 Å². The number of rotatable bonds is 7. The van der Waals surface area contributed by atoms with E-state index in [1.807, 2.05) is 49.4 Å². The van der Waals surface area contributed by atoms with Gasteiger partial charge in [-0.05, 0) is 43.5 Å². The fraction of sp³-hybridized carbons (Fsp3) is 0.238. The molecule has 0 atom stereocenters. The van der Waals surface area contributed by atoms with E-state index in [0.717, 1.165) is 41.5 Å². The molecule has 0 radical (unpaired) electrons. The molecular weight excluding hydrogens is 324 g/mol. The van der Waals surface area contributed by atoms with Crippen molar-refractivity contribution < 1.29 is 4.74 Å². The fourth-order valence-corrected chi connectivity index (χ4v) is 2.78. The lowest BCUT2D eigenvalue weighted by Crippen LogP contribution is -2.09. The number of ether oxygens (including phenoxy) is 1. The van der Waals surface area contributed by atoms with E-state index in [1.54, 1.807) is 7.11 Å². The van der Waals surface area contributed by atoms with Gasteiger partial charge >= 0.3 is 0 Å². The van der Waals surface area contributed by atoms with Gasteiger partial charge in [-0.25, -0.2) is 4.98 Å². The zero-order valence-corrected chi connectivity index (χ0v) is 15.4. The minimum absolute atomic E-state index is 0.596. The number of aryl methyl sites for hydroxylation is 2. The monoisotopic (exact) mass is 348 g/mol. The second-order valence-electron chi connectivity index (χ2n) is 6.15. The van der Waals surface area contributed by atoms with E-state index in [1.165, 1.54) is 5.56 Å². The number of aromatic nitrogens is 2. The molecule has 2 aromatic carbocycles. The molecule has 0 spiro atoms. The lowest BCUT2D eigenvalue weighted by molar-refractivity contribution is 0.410. The molecular formula is C21H24N4O. The number of nitrogens with one attached hydrogen (secondary N) is 2. The molecule has 0 amide bonds. The topological polar surface area (TPSA) is 59.1 Å². The van der Waals surface area contributed by atoms with Gasteiger partial charge in [-0.3, -0.25) is 0 Å². The third-order valence-corrected chi connectivity index (χ3v) is 4.14. The maximum atomic E-state index is 5.40. The highest BCUT2D eigenvalue weighted by Gasteiger charge is 2.05. The van der Waals surface area contributed by atoms with Crippen LogP contribution >= 0.6 is 0 Å². The van der Waals surface area contributed by atoms with Crippen molar-refractivity contribution in [1.82, 2.24) is 9.97 Å². The highest BCUT2D eigenvalue weighted by Crippen LogP contribution is 2.20. The Balaban J connectivity index is 1.67. The number of anilines is 3. The van der Waals surface area contributed by atoms with E-state index in [0.29, 0.717) is 5.95 Å². The smallest absolute Gasteiger partial charge is 0.229 e. The maximum absolute atomic E-state index is 5.40. The van der Waals surface area contributed by atoms with E-state index >= 15 is 0 Å². The highest BCUT2D eigenvalue weighted by atomic mass is 16.5. The first kappa shape index (κ1) is 17.7. The van der Waals surface area contributed by atoms with Crippen molar-refractivity contribution in [3.05, 3.63) is 71.4 Å². The molecule has 0 aliphatic heterocycles. The molecule has 2 N–H and O–H groups in total. The summed E-state index contributed by atoms with van der Waals surface area (Å²) >= 11 is 0. The van der Waals surface area contributed by atoms with Gasteiger partial charge < -0.3 is 15.4 Å².